The summed E-state index contributed by atoms with van der Waals surface area (Å²) in [5, 5.41) is 10.1. The number of hydrogen-bond donors (Lipinski definition) is 1. The second kappa shape index (κ2) is 3.10. The van der Waals surface area contributed by atoms with Gasteiger partial charge in [-0.3, -0.25) is 4.21 Å². The Balaban J connectivity index is 2.30. The van der Waals surface area contributed by atoms with Gasteiger partial charge in [0.05, 0.1) is 16.5 Å². The maximum atomic E-state index is 11.6. The topological polar surface area (TPSA) is 50.2 Å². The molecule has 1 aliphatic rings. The van der Waals surface area contributed by atoms with Crippen molar-refractivity contribution in [1.82, 2.24) is 4.98 Å². The van der Waals surface area contributed by atoms with Gasteiger partial charge >= 0.3 is 0 Å². The molecular formula is C9H11NO2S. The van der Waals surface area contributed by atoms with Crippen molar-refractivity contribution in [1.29, 1.82) is 0 Å². The van der Waals surface area contributed by atoms with E-state index < -0.39 is 10.8 Å². The lowest BCUT2D eigenvalue weighted by Gasteiger charge is -2.01. The molecular weight excluding hydrogens is 186 g/mol. The third-order valence-electron chi connectivity index (χ3n) is 2.07. The molecule has 1 aromatic rings. The Morgan fingerprint density at radius 3 is 2.77 bits per heavy atom. The Morgan fingerprint density at radius 1 is 1.54 bits per heavy atom. The Labute approximate surface area is 79.3 Å². The zero-order valence-corrected chi connectivity index (χ0v) is 8.17. The second-order valence-corrected chi connectivity index (χ2v) is 4.93. The van der Waals surface area contributed by atoms with Gasteiger partial charge in [-0.05, 0) is 31.9 Å². The summed E-state index contributed by atoms with van der Waals surface area (Å²) in [5.74, 6) is 0.163. The first-order valence-corrected chi connectivity index (χ1v) is 5.47. The van der Waals surface area contributed by atoms with Gasteiger partial charge in [0.25, 0.3) is 0 Å². The van der Waals surface area contributed by atoms with Gasteiger partial charge in [0.1, 0.15) is 10.8 Å². The zero-order chi connectivity index (χ0) is 9.42. The predicted molar refractivity (Wildman–Crippen MR) is 50.1 cm³/mol. The minimum Gasteiger partial charge on any atom is -0.506 e. The number of aryl methyl sites for hydroxylation is 1. The third-order valence-corrected chi connectivity index (χ3v) is 3.78. The van der Waals surface area contributed by atoms with E-state index in [0.717, 1.165) is 12.8 Å². The van der Waals surface area contributed by atoms with E-state index in [4.69, 9.17) is 0 Å². The third kappa shape index (κ3) is 1.72. The second-order valence-electron chi connectivity index (χ2n) is 3.25. The first kappa shape index (κ1) is 8.69. The van der Waals surface area contributed by atoms with Crippen molar-refractivity contribution in [3.05, 3.63) is 17.8 Å². The first-order valence-electron chi connectivity index (χ1n) is 4.25. The highest BCUT2D eigenvalue weighted by atomic mass is 32.2. The molecule has 1 fully saturated rings. The molecule has 1 saturated carbocycles. The molecule has 1 heterocycles. The molecule has 0 aliphatic heterocycles. The molecule has 1 aromatic heterocycles. The Hall–Kier alpha value is -0.900. The van der Waals surface area contributed by atoms with Crippen molar-refractivity contribution in [2.45, 2.75) is 30.0 Å². The Morgan fingerprint density at radius 2 is 2.23 bits per heavy atom. The maximum Gasteiger partial charge on any atom is 0.136 e. The first-order chi connectivity index (χ1) is 6.18. The molecule has 1 aliphatic carbocycles. The highest BCUT2D eigenvalue weighted by Gasteiger charge is 2.30. The summed E-state index contributed by atoms with van der Waals surface area (Å²) in [6.45, 7) is 1.71. The molecule has 1 unspecified atom stereocenters. The van der Waals surface area contributed by atoms with Gasteiger partial charge < -0.3 is 5.11 Å². The molecule has 70 valence electrons. The number of rotatable bonds is 2. The maximum absolute atomic E-state index is 11.6. The van der Waals surface area contributed by atoms with Crippen LogP contribution in [-0.2, 0) is 10.8 Å². The van der Waals surface area contributed by atoms with Crippen LogP contribution in [0.15, 0.2) is 17.2 Å². The van der Waals surface area contributed by atoms with E-state index in [0.29, 0.717) is 16.0 Å². The van der Waals surface area contributed by atoms with Crippen LogP contribution < -0.4 is 0 Å². The molecule has 0 aromatic carbocycles. The smallest absolute Gasteiger partial charge is 0.136 e. The highest BCUT2D eigenvalue weighted by Crippen LogP contribution is 2.30. The van der Waals surface area contributed by atoms with Gasteiger partial charge in [-0.2, -0.15) is 0 Å². The van der Waals surface area contributed by atoms with Crippen LogP contribution in [0.2, 0.25) is 0 Å². The summed E-state index contributed by atoms with van der Waals surface area (Å²) < 4.78 is 11.6. The highest BCUT2D eigenvalue weighted by molar-refractivity contribution is 7.85. The van der Waals surface area contributed by atoms with Gasteiger partial charge in [0.2, 0.25) is 0 Å². The molecule has 1 N–H and O–H groups in total. The fraction of sp³-hybridized carbons (Fsp3) is 0.444. The molecule has 4 heteroatoms. The lowest BCUT2D eigenvalue weighted by atomic mass is 10.3. The predicted octanol–water partition coefficient (Wildman–Crippen LogP) is 1.37. The molecule has 0 spiro atoms. The average Bonchev–Trinajstić information content (AvgIpc) is 2.91. The van der Waals surface area contributed by atoms with E-state index in [1.165, 1.54) is 0 Å². The molecule has 0 saturated heterocycles. The van der Waals surface area contributed by atoms with Gasteiger partial charge in [-0.15, -0.1) is 0 Å². The van der Waals surface area contributed by atoms with Crippen LogP contribution >= 0.6 is 0 Å². The van der Waals surface area contributed by atoms with Gasteiger partial charge in [0.15, 0.2) is 0 Å². The van der Waals surface area contributed by atoms with E-state index in [2.05, 4.69) is 4.98 Å². The normalized spacial score (nSPS) is 18.5. The van der Waals surface area contributed by atoms with Gasteiger partial charge in [-0.1, -0.05) is 0 Å². The lowest BCUT2D eigenvalue weighted by molar-refractivity contribution is 0.466. The van der Waals surface area contributed by atoms with Crippen LogP contribution in [0.5, 0.6) is 5.75 Å². The molecule has 13 heavy (non-hydrogen) atoms. The Bertz CT molecular complexity index is 361. The Kier molecular flexibility index (Phi) is 2.07. The van der Waals surface area contributed by atoms with Crippen LogP contribution in [0, 0.1) is 6.92 Å². The van der Waals surface area contributed by atoms with E-state index in [1.54, 1.807) is 19.1 Å². The molecule has 0 radical (unpaired) electrons. The lowest BCUT2D eigenvalue weighted by Crippen LogP contribution is -2.01. The summed E-state index contributed by atoms with van der Waals surface area (Å²) in [7, 11) is -0.965. The standard InChI is InChI=1S/C9H11NO2S/c1-6-8(11)4-5-9(10-6)13(12)7-2-3-7/h4-5,7,11H,2-3H2,1H3. The average molecular weight is 197 g/mol. The number of aromatic hydroxyl groups is 1. The van der Waals surface area contributed by atoms with E-state index >= 15 is 0 Å². The fourth-order valence-corrected chi connectivity index (χ4v) is 2.43. The monoisotopic (exact) mass is 197 g/mol. The summed E-state index contributed by atoms with van der Waals surface area (Å²) in [6.07, 6.45) is 2.07. The molecule has 2 rings (SSSR count). The molecule has 0 bridgehead atoms. The fourth-order valence-electron chi connectivity index (χ4n) is 1.10. The minimum absolute atomic E-state index is 0.163. The van der Waals surface area contributed by atoms with Crippen LogP contribution in [-0.4, -0.2) is 19.5 Å². The largest absolute Gasteiger partial charge is 0.506 e. The number of aromatic nitrogens is 1. The summed E-state index contributed by atoms with van der Waals surface area (Å²) in [6, 6.07) is 3.19. The number of nitrogens with zero attached hydrogens (tertiary/aromatic N) is 1. The minimum atomic E-state index is -0.965. The molecule has 3 nitrogen and oxygen atoms in total. The van der Waals surface area contributed by atoms with E-state index in [-0.39, 0.29) is 5.75 Å². The zero-order valence-electron chi connectivity index (χ0n) is 7.36. The summed E-state index contributed by atoms with van der Waals surface area (Å²) >= 11 is 0. The van der Waals surface area contributed by atoms with Crippen molar-refractivity contribution >= 4 is 10.8 Å². The van der Waals surface area contributed by atoms with Crippen molar-refractivity contribution in [3.8, 4) is 5.75 Å². The van der Waals surface area contributed by atoms with Crippen LogP contribution in [0.1, 0.15) is 18.5 Å². The molecule has 1 atom stereocenters. The van der Waals surface area contributed by atoms with Crippen molar-refractivity contribution in [2.75, 3.05) is 0 Å². The van der Waals surface area contributed by atoms with E-state index in [9.17, 15) is 9.32 Å². The summed E-state index contributed by atoms with van der Waals surface area (Å²) in [4.78, 5) is 4.08. The van der Waals surface area contributed by atoms with Crippen molar-refractivity contribution < 1.29 is 9.32 Å². The van der Waals surface area contributed by atoms with Gasteiger partial charge in [0, 0.05) is 5.25 Å². The van der Waals surface area contributed by atoms with Crippen molar-refractivity contribution in [2.24, 2.45) is 0 Å². The number of hydrogen-bond acceptors (Lipinski definition) is 3. The quantitative estimate of drug-likeness (QED) is 0.779. The van der Waals surface area contributed by atoms with E-state index in [1.807, 2.05) is 0 Å². The van der Waals surface area contributed by atoms with Crippen LogP contribution in [0.3, 0.4) is 0 Å². The SMILES string of the molecule is Cc1nc(S(=O)C2CC2)ccc1O. The van der Waals surface area contributed by atoms with Crippen molar-refractivity contribution in [3.63, 3.8) is 0 Å². The number of pyridine rings is 1. The van der Waals surface area contributed by atoms with Gasteiger partial charge in [-0.25, -0.2) is 4.98 Å². The van der Waals surface area contributed by atoms with Crippen LogP contribution in [0.25, 0.3) is 0 Å². The molecule has 0 amide bonds. The summed E-state index contributed by atoms with van der Waals surface area (Å²) in [5.41, 5.74) is 0.548. The van der Waals surface area contributed by atoms with Crippen LogP contribution in [0.4, 0.5) is 0 Å².